The van der Waals surface area contributed by atoms with Crippen molar-refractivity contribution in [3.63, 3.8) is 0 Å². The van der Waals surface area contributed by atoms with Gasteiger partial charge in [0, 0.05) is 6.54 Å². The largest absolute Gasteiger partial charge is 0.495 e. The fourth-order valence-electron chi connectivity index (χ4n) is 3.85. The second-order valence-corrected chi connectivity index (χ2v) is 6.85. The zero-order valence-corrected chi connectivity index (χ0v) is 15.6. The molecule has 2 heterocycles. The van der Waals surface area contributed by atoms with Gasteiger partial charge >= 0.3 is 0 Å². The van der Waals surface area contributed by atoms with E-state index < -0.39 is 6.04 Å². The lowest BCUT2D eigenvalue weighted by Crippen LogP contribution is -2.47. The van der Waals surface area contributed by atoms with Gasteiger partial charge in [-0.3, -0.25) is 14.4 Å². The lowest BCUT2D eigenvalue weighted by Gasteiger charge is -2.25. The number of hydrogen-bond donors (Lipinski definition) is 1. The summed E-state index contributed by atoms with van der Waals surface area (Å²) in [5.74, 6) is -0.188. The van der Waals surface area contributed by atoms with Gasteiger partial charge in [-0.1, -0.05) is 24.3 Å². The number of amides is 3. The lowest BCUT2D eigenvalue weighted by atomic mass is 10.1. The van der Waals surface area contributed by atoms with Gasteiger partial charge in [-0.2, -0.15) is 0 Å². The van der Waals surface area contributed by atoms with Gasteiger partial charge < -0.3 is 19.9 Å². The molecule has 2 aliphatic rings. The number of rotatable bonds is 4. The topological polar surface area (TPSA) is 79.0 Å². The van der Waals surface area contributed by atoms with Crippen molar-refractivity contribution >= 4 is 29.1 Å². The molecule has 0 spiro atoms. The van der Waals surface area contributed by atoms with Gasteiger partial charge in [0.1, 0.15) is 18.3 Å². The van der Waals surface area contributed by atoms with Gasteiger partial charge in [0.2, 0.25) is 11.8 Å². The van der Waals surface area contributed by atoms with E-state index in [1.54, 1.807) is 47.4 Å². The van der Waals surface area contributed by atoms with Crippen LogP contribution >= 0.6 is 0 Å². The van der Waals surface area contributed by atoms with Gasteiger partial charge in [0.15, 0.2) is 0 Å². The smallest absolute Gasteiger partial charge is 0.256 e. The first-order valence-electron chi connectivity index (χ1n) is 9.24. The van der Waals surface area contributed by atoms with E-state index in [1.807, 2.05) is 6.07 Å². The number of hydrogen-bond acceptors (Lipinski definition) is 4. The number of carbonyl (C=O) groups excluding carboxylic acids is 3. The SMILES string of the molecule is COc1ccccc1NC(=O)CN1C(=O)C2CCCN2C(=O)c2ccccc21. The zero-order chi connectivity index (χ0) is 19.7. The number of fused-ring (bicyclic) bond motifs is 2. The van der Waals surface area contributed by atoms with Crippen molar-refractivity contribution in [3.05, 3.63) is 54.1 Å². The first-order chi connectivity index (χ1) is 13.6. The molecule has 1 unspecified atom stereocenters. The molecule has 28 heavy (non-hydrogen) atoms. The highest BCUT2D eigenvalue weighted by atomic mass is 16.5. The number of nitrogens with one attached hydrogen (secondary N) is 1. The molecule has 7 heteroatoms. The quantitative estimate of drug-likeness (QED) is 0.884. The molecule has 1 saturated heterocycles. The summed E-state index contributed by atoms with van der Waals surface area (Å²) >= 11 is 0. The maximum absolute atomic E-state index is 13.2. The average molecular weight is 379 g/mol. The summed E-state index contributed by atoms with van der Waals surface area (Å²) in [5.41, 5.74) is 1.46. The van der Waals surface area contributed by atoms with Crippen molar-refractivity contribution in [3.8, 4) is 5.75 Å². The van der Waals surface area contributed by atoms with Crippen LogP contribution in [-0.4, -0.2) is 48.9 Å². The molecule has 7 nitrogen and oxygen atoms in total. The molecule has 2 aromatic carbocycles. The predicted octanol–water partition coefficient (Wildman–Crippen LogP) is 2.29. The van der Waals surface area contributed by atoms with Crippen LogP contribution in [0.1, 0.15) is 23.2 Å². The second-order valence-electron chi connectivity index (χ2n) is 6.85. The minimum atomic E-state index is -0.515. The van der Waals surface area contributed by atoms with E-state index >= 15 is 0 Å². The van der Waals surface area contributed by atoms with Crippen LogP contribution in [0.5, 0.6) is 5.75 Å². The molecule has 2 aliphatic heterocycles. The number of para-hydroxylation sites is 3. The van der Waals surface area contributed by atoms with Crippen molar-refractivity contribution in [1.29, 1.82) is 0 Å². The molecule has 144 valence electrons. The normalized spacial score (nSPS) is 18.4. The number of carbonyl (C=O) groups is 3. The summed E-state index contributed by atoms with van der Waals surface area (Å²) in [5, 5.41) is 2.80. The van der Waals surface area contributed by atoms with Gasteiger partial charge in [-0.25, -0.2) is 0 Å². The molecule has 0 aromatic heterocycles. The monoisotopic (exact) mass is 379 g/mol. The molecule has 0 saturated carbocycles. The van der Waals surface area contributed by atoms with E-state index in [9.17, 15) is 14.4 Å². The third-order valence-corrected chi connectivity index (χ3v) is 5.17. The van der Waals surface area contributed by atoms with Crippen LogP contribution in [0, 0.1) is 0 Å². The Morgan fingerprint density at radius 3 is 2.71 bits per heavy atom. The zero-order valence-electron chi connectivity index (χ0n) is 15.6. The van der Waals surface area contributed by atoms with Crippen molar-refractivity contribution in [2.75, 3.05) is 30.4 Å². The highest BCUT2D eigenvalue weighted by molar-refractivity contribution is 6.13. The number of anilines is 2. The minimum Gasteiger partial charge on any atom is -0.495 e. The minimum absolute atomic E-state index is 0.154. The van der Waals surface area contributed by atoms with Gasteiger partial charge in [0.05, 0.1) is 24.0 Å². The van der Waals surface area contributed by atoms with E-state index in [0.717, 1.165) is 6.42 Å². The van der Waals surface area contributed by atoms with Crippen LogP contribution in [-0.2, 0) is 9.59 Å². The third kappa shape index (κ3) is 3.09. The van der Waals surface area contributed by atoms with Crippen molar-refractivity contribution in [2.45, 2.75) is 18.9 Å². The Hall–Kier alpha value is -3.35. The van der Waals surface area contributed by atoms with Crippen LogP contribution in [0.3, 0.4) is 0 Å². The summed E-state index contributed by atoms with van der Waals surface area (Å²) < 4.78 is 5.26. The Balaban J connectivity index is 1.64. The van der Waals surface area contributed by atoms with E-state index in [4.69, 9.17) is 4.74 Å². The van der Waals surface area contributed by atoms with Crippen LogP contribution in [0.15, 0.2) is 48.5 Å². The second kappa shape index (κ2) is 7.34. The molecule has 0 aliphatic carbocycles. The summed E-state index contributed by atoms with van der Waals surface area (Å²) in [6.07, 6.45) is 1.40. The highest BCUT2D eigenvalue weighted by Gasteiger charge is 2.42. The first-order valence-corrected chi connectivity index (χ1v) is 9.24. The van der Waals surface area contributed by atoms with E-state index in [2.05, 4.69) is 5.32 Å². The summed E-state index contributed by atoms with van der Waals surface area (Å²) in [4.78, 5) is 41.9. The summed E-state index contributed by atoms with van der Waals surface area (Å²) in [6, 6.07) is 13.5. The Morgan fingerprint density at radius 1 is 1.14 bits per heavy atom. The number of ether oxygens (including phenoxy) is 1. The lowest BCUT2D eigenvalue weighted by molar-refractivity contribution is -0.124. The fourth-order valence-corrected chi connectivity index (χ4v) is 3.85. The Kier molecular flexibility index (Phi) is 4.73. The van der Waals surface area contributed by atoms with E-state index in [1.165, 1.54) is 12.0 Å². The maximum Gasteiger partial charge on any atom is 0.256 e. The molecule has 1 atom stereocenters. The fraction of sp³-hybridized carbons (Fsp3) is 0.286. The number of benzene rings is 2. The van der Waals surface area contributed by atoms with E-state index in [0.29, 0.717) is 35.7 Å². The number of methoxy groups -OCH3 is 1. The van der Waals surface area contributed by atoms with Crippen molar-refractivity contribution < 1.29 is 19.1 Å². The van der Waals surface area contributed by atoms with Crippen LogP contribution in [0.4, 0.5) is 11.4 Å². The van der Waals surface area contributed by atoms with Gasteiger partial charge in [0.25, 0.3) is 5.91 Å². The molecular weight excluding hydrogens is 358 g/mol. The predicted molar refractivity (Wildman–Crippen MR) is 104 cm³/mol. The van der Waals surface area contributed by atoms with Crippen LogP contribution in [0.25, 0.3) is 0 Å². The molecule has 0 bridgehead atoms. The molecule has 2 aromatic rings. The molecule has 1 N–H and O–H groups in total. The Labute approximate surface area is 162 Å². The Morgan fingerprint density at radius 2 is 1.89 bits per heavy atom. The van der Waals surface area contributed by atoms with Crippen molar-refractivity contribution in [1.82, 2.24) is 4.90 Å². The molecule has 1 fully saturated rings. The molecular formula is C21H21N3O4. The molecule has 0 radical (unpaired) electrons. The number of nitrogens with zero attached hydrogens (tertiary/aromatic N) is 2. The Bertz CT molecular complexity index is 943. The van der Waals surface area contributed by atoms with Crippen LogP contribution in [0.2, 0.25) is 0 Å². The molecule has 3 amide bonds. The summed E-state index contributed by atoms with van der Waals surface area (Å²) in [7, 11) is 1.53. The van der Waals surface area contributed by atoms with Gasteiger partial charge in [-0.15, -0.1) is 0 Å². The summed E-state index contributed by atoms with van der Waals surface area (Å²) in [6.45, 7) is 0.385. The van der Waals surface area contributed by atoms with Crippen molar-refractivity contribution in [2.24, 2.45) is 0 Å². The molecule has 4 rings (SSSR count). The van der Waals surface area contributed by atoms with Gasteiger partial charge in [-0.05, 0) is 37.1 Å². The maximum atomic E-state index is 13.2. The standard InChI is InChI=1S/C21H21N3O4/c1-28-18-11-5-3-8-15(18)22-19(25)13-24-16-9-4-2-7-14(16)20(26)23-12-6-10-17(23)21(24)27/h2-5,7-9,11,17H,6,10,12-13H2,1H3,(H,22,25). The third-order valence-electron chi connectivity index (χ3n) is 5.17. The highest BCUT2D eigenvalue weighted by Crippen LogP contribution is 2.32. The van der Waals surface area contributed by atoms with E-state index in [-0.39, 0.29) is 24.3 Å². The van der Waals surface area contributed by atoms with Crippen LogP contribution < -0.4 is 15.0 Å². The average Bonchev–Trinajstić information content (AvgIpc) is 3.19. The first kappa shape index (κ1) is 18.0.